The van der Waals surface area contributed by atoms with Crippen LogP contribution in [0.4, 0.5) is 5.69 Å². The zero-order chi connectivity index (χ0) is 13.7. The van der Waals surface area contributed by atoms with Crippen molar-refractivity contribution in [2.24, 2.45) is 0 Å². The molecule has 0 aliphatic heterocycles. The maximum Gasteiger partial charge on any atom is 0.0781 e. The molecule has 19 heavy (non-hydrogen) atoms. The van der Waals surface area contributed by atoms with Crippen LogP contribution in [-0.4, -0.2) is 11.7 Å². The van der Waals surface area contributed by atoms with E-state index in [1.807, 2.05) is 30.3 Å². The van der Waals surface area contributed by atoms with E-state index in [0.717, 1.165) is 17.8 Å². The molecule has 2 atom stereocenters. The molecule has 0 aliphatic carbocycles. The fraction of sp³-hybridized carbons (Fsp3) is 0.294. The van der Waals surface area contributed by atoms with E-state index in [2.05, 4.69) is 36.5 Å². The highest BCUT2D eigenvalue weighted by Gasteiger charge is 2.09. The molecule has 0 heterocycles. The molecule has 2 N–H and O–H groups in total. The summed E-state index contributed by atoms with van der Waals surface area (Å²) in [5, 5.41) is 13.2. The molecule has 0 aromatic heterocycles. The van der Waals surface area contributed by atoms with Gasteiger partial charge in [-0.1, -0.05) is 55.5 Å². The van der Waals surface area contributed by atoms with Crippen molar-refractivity contribution in [1.82, 2.24) is 0 Å². The number of anilines is 1. The van der Waals surface area contributed by atoms with Gasteiger partial charge in [0.05, 0.1) is 6.10 Å². The van der Waals surface area contributed by atoms with E-state index in [9.17, 15) is 5.11 Å². The number of aliphatic hydroxyl groups excluding tert-OH is 1. The van der Waals surface area contributed by atoms with Crippen molar-refractivity contribution in [2.75, 3.05) is 11.9 Å². The van der Waals surface area contributed by atoms with Crippen molar-refractivity contribution >= 4 is 5.69 Å². The first kappa shape index (κ1) is 13.6. The van der Waals surface area contributed by atoms with Crippen LogP contribution in [0.15, 0.2) is 54.6 Å². The minimum Gasteiger partial charge on any atom is -0.389 e. The number of hydrogen-bond acceptors (Lipinski definition) is 2. The number of hydrogen-bond donors (Lipinski definition) is 2. The van der Waals surface area contributed by atoms with Crippen molar-refractivity contribution < 1.29 is 5.11 Å². The predicted octanol–water partition coefficient (Wildman–Crippen LogP) is 3.96. The summed E-state index contributed by atoms with van der Waals surface area (Å²) in [6, 6.07) is 18.4. The highest BCUT2D eigenvalue weighted by molar-refractivity contribution is 5.52. The molecule has 2 aromatic rings. The van der Waals surface area contributed by atoms with Gasteiger partial charge in [0.15, 0.2) is 0 Å². The Morgan fingerprint density at radius 1 is 0.947 bits per heavy atom. The van der Waals surface area contributed by atoms with Gasteiger partial charge in [0.25, 0.3) is 0 Å². The number of nitrogens with one attached hydrogen (secondary N) is 1. The van der Waals surface area contributed by atoms with E-state index < -0.39 is 6.10 Å². The molecule has 0 spiro atoms. The van der Waals surface area contributed by atoms with Gasteiger partial charge in [-0.2, -0.15) is 0 Å². The molecule has 0 fully saturated rings. The second-order valence-corrected chi connectivity index (χ2v) is 4.96. The summed E-state index contributed by atoms with van der Waals surface area (Å²) < 4.78 is 0. The summed E-state index contributed by atoms with van der Waals surface area (Å²) in [5.74, 6) is 0.434. The van der Waals surface area contributed by atoms with E-state index in [-0.39, 0.29) is 0 Å². The predicted molar refractivity (Wildman–Crippen MR) is 80.4 cm³/mol. The largest absolute Gasteiger partial charge is 0.389 e. The van der Waals surface area contributed by atoms with E-state index in [0.29, 0.717) is 5.92 Å². The van der Waals surface area contributed by atoms with E-state index in [1.165, 1.54) is 5.56 Å². The first-order valence-corrected chi connectivity index (χ1v) is 6.74. The summed E-state index contributed by atoms with van der Waals surface area (Å²) >= 11 is 0. The van der Waals surface area contributed by atoms with Gasteiger partial charge in [0.2, 0.25) is 0 Å². The van der Waals surface area contributed by atoms with Crippen LogP contribution < -0.4 is 5.32 Å². The van der Waals surface area contributed by atoms with Crippen LogP contribution in [0, 0.1) is 0 Å². The number of para-hydroxylation sites is 1. The van der Waals surface area contributed by atoms with Gasteiger partial charge in [-0.25, -0.2) is 0 Å². The monoisotopic (exact) mass is 255 g/mol. The summed E-state index contributed by atoms with van der Waals surface area (Å²) in [6.45, 7) is 4.85. The average molecular weight is 255 g/mol. The van der Waals surface area contributed by atoms with Crippen LogP contribution >= 0.6 is 0 Å². The SMILES string of the molecule is CC(O)c1ccccc1NCC(C)c1ccccc1. The zero-order valence-electron chi connectivity index (χ0n) is 11.5. The van der Waals surface area contributed by atoms with Crippen LogP contribution in [0.2, 0.25) is 0 Å². The summed E-state index contributed by atoms with van der Waals surface area (Å²) in [7, 11) is 0. The molecule has 0 aliphatic rings. The smallest absolute Gasteiger partial charge is 0.0781 e. The molecule has 2 aromatic carbocycles. The molecule has 2 unspecified atom stereocenters. The second-order valence-electron chi connectivity index (χ2n) is 4.96. The van der Waals surface area contributed by atoms with E-state index in [4.69, 9.17) is 0 Å². The molecule has 100 valence electrons. The molecule has 0 saturated carbocycles. The van der Waals surface area contributed by atoms with Crippen molar-refractivity contribution in [3.8, 4) is 0 Å². The van der Waals surface area contributed by atoms with Gasteiger partial charge in [0.1, 0.15) is 0 Å². The van der Waals surface area contributed by atoms with Crippen molar-refractivity contribution in [2.45, 2.75) is 25.9 Å². The molecular formula is C17H21NO. The van der Waals surface area contributed by atoms with Crippen molar-refractivity contribution in [3.63, 3.8) is 0 Å². The third kappa shape index (κ3) is 3.58. The first-order chi connectivity index (χ1) is 9.18. The lowest BCUT2D eigenvalue weighted by atomic mass is 10.0. The Kier molecular flexibility index (Phi) is 4.58. The highest BCUT2D eigenvalue weighted by Crippen LogP contribution is 2.23. The fourth-order valence-corrected chi connectivity index (χ4v) is 2.18. The third-order valence-electron chi connectivity index (χ3n) is 3.38. The number of aliphatic hydroxyl groups is 1. The van der Waals surface area contributed by atoms with E-state index >= 15 is 0 Å². The van der Waals surface area contributed by atoms with Crippen molar-refractivity contribution in [1.29, 1.82) is 0 Å². The Morgan fingerprint density at radius 2 is 1.58 bits per heavy atom. The molecule has 0 amide bonds. The molecule has 0 radical (unpaired) electrons. The highest BCUT2D eigenvalue weighted by atomic mass is 16.3. The molecular weight excluding hydrogens is 234 g/mol. The molecule has 2 rings (SSSR count). The van der Waals surface area contributed by atoms with E-state index in [1.54, 1.807) is 6.92 Å². The maximum absolute atomic E-state index is 9.75. The lowest BCUT2D eigenvalue weighted by Gasteiger charge is -2.17. The topological polar surface area (TPSA) is 32.3 Å². The Balaban J connectivity index is 2.03. The molecule has 0 saturated heterocycles. The lowest BCUT2D eigenvalue weighted by Crippen LogP contribution is -2.11. The lowest BCUT2D eigenvalue weighted by molar-refractivity contribution is 0.200. The Hall–Kier alpha value is -1.80. The summed E-state index contributed by atoms with van der Waals surface area (Å²) in [5.41, 5.74) is 3.28. The quantitative estimate of drug-likeness (QED) is 0.847. The van der Waals surface area contributed by atoms with Crippen LogP contribution in [0.1, 0.15) is 37.0 Å². The Bertz CT molecular complexity index is 508. The average Bonchev–Trinajstić information content (AvgIpc) is 2.46. The Morgan fingerprint density at radius 3 is 2.26 bits per heavy atom. The fourth-order valence-electron chi connectivity index (χ4n) is 2.18. The van der Waals surface area contributed by atoms with Crippen LogP contribution in [-0.2, 0) is 0 Å². The second kappa shape index (κ2) is 6.39. The summed E-state index contributed by atoms with van der Waals surface area (Å²) in [6.07, 6.45) is -0.448. The minimum absolute atomic E-state index is 0.434. The molecule has 2 heteroatoms. The number of benzene rings is 2. The molecule has 0 bridgehead atoms. The van der Waals surface area contributed by atoms with Crippen LogP contribution in [0.3, 0.4) is 0 Å². The Labute approximate surface area is 115 Å². The third-order valence-corrected chi connectivity index (χ3v) is 3.38. The van der Waals surface area contributed by atoms with Gasteiger partial charge >= 0.3 is 0 Å². The molecule has 2 nitrogen and oxygen atoms in total. The van der Waals surface area contributed by atoms with Gasteiger partial charge in [0, 0.05) is 17.8 Å². The standard InChI is InChI=1S/C17H21NO/c1-13(15-8-4-3-5-9-15)12-18-17-11-7-6-10-16(17)14(2)19/h3-11,13-14,18-19H,12H2,1-2H3. The van der Waals surface area contributed by atoms with Crippen LogP contribution in [0.5, 0.6) is 0 Å². The van der Waals surface area contributed by atoms with Gasteiger partial charge in [-0.05, 0) is 24.5 Å². The first-order valence-electron chi connectivity index (χ1n) is 6.74. The normalized spacial score (nSPS) is 13.8. The maximum atomic E-state index is 9.75. The zero-order valence-corrected chi connectivity index (χ0v) is 11.5. The minimum atomic E-state index is -0.448. The van der Waals surface area contributed by atoms with Crippen molar-refractivity contribution in [3.05, 3.63) is 65.7 Å². The van der Waals surface area contributed by atoms with Gasteiger partial charge in [-0.3, -0.25) is 0 Å². The van der Waals surface area contributed by atoms with Gasteiger partial charge < -0.3 is 10.4 Å². The van der Waals surface area contributed by atoms with Gasteiger partial charge in [-0.15, -0.1) is 0 Å². The van der Waals surface area contributed by atoms with Crippen LogP contribution in [0.25, 0.3) is 0 Å². The number of rotatable bonds is 5. The summed E-state index contributed by atoms with van der Waals surface area (Å²) in [4.78, 5) is 0.